The van der Waals surface area contributed by atoms with Gasteiger partial charge in [-0.2, -0.15) is 0 Å². The second-order valence-corrected chi connectivity index (χ2v) is 8.82. The van der Waals surface area contributed by atoms with Gasteiger partial charge in [-0.05, 0) is 43.9 Å². The fourth-order valence-electron chi connectivity index (χ4n) is 4.74. The summed E-state index contributed by atoms with van der Waals surface area (Å²) < 4.78 is 7.15. The van der Waals surface area contributed by atoms with Crippen LogP contribution in [0.15, 0.2) is 23.0 Å². The summed E-state index contributed by atoms with van der Waals surface area (Å²) in [6.07, 6.45) is 8.57. The number of carbonyl (C=O) groups is 2. The van der Waals surface area contributed by atoms with E-state index in [1.54, 1.807) is 18.2 Å². The SMILES string of the molecule is O=C1Cn2c(nc3ccc(OCCCCCCC(=O)N(CCO)C4CCCC4)cc3c2=O)N1. The van der Waals surface area contributed by atoms with Crippen LogP contribution in [0.4, 0.5) is 5.95 Å². The highest BCUT2D eigenvalue weighted by atomic mass is 16.5. The van der Waals surface area contributed by atoms with Gasteiger partial charge >= 0.3 is 0 Å². The maximum Gasteiger partial charge on any atom is 0.263 e. The highest BCUT2D eigenvalue weighted by Gasteiger charge is 2.25. The van der Waals surface area contributed by atoms with Crippen molar-refractivity contribution in [2.45, 2.75) is 70.4 Å². The van der Waals surface area contributed by atoms with Gasteiger partial charge in [-0.25, -0.2) is 4.98 Å². The van der Waals surface area contributed by atoms with E-state index in [4.69, 9.17) is 4.74 Å². The number of nitrogens with zero attached hydrogens (tertiary/aromatic N) is 3. The quantitative estimate of drug-likeness (QED) is 0.502. The van der Waals surface area contributed by atoms with Crippen molar-refractivity contribution in [2.75, 3.05) is 25.1 Å². The number of aliphatic hydroxyl groups is 1. The largest absolute Gasteiger partial charge is 0.494 e. The number of aromatic nitrogens is 2. The van der Waals surface area contributed by atoms with Crippen molar-refractivity contribution in [3.63, 3.8) is 0 Å². The molecule has 178 valence electrons. The molecule has 0 spiro atoms. The Balaban J connectivity index is 1.19. The van der Waals surface area contributed by atoms with Crippen LogP contribution in [0.25, 0.3) is 10.9 Å². The summed E-state index contributed by atoms with van der Waals surface area (Å²) >= 11 is 0. The topological polar surface area (TPSA) is 114 Å². The molecule has 1 aromatic carbocycles. The number of aliphatic hydroxyl groups excluding tert-OH is 1. The molecule has 1 aliphatic heterocycles. The van der Waals surface area contributed by atoms with E-state index in [0.29, 0.717) is 42.3 Å². The molecule has 2 aromatic rings. The highest BCUT2D eigenvalue weighted by molar-refractivity contribution is 5.94. The summed E-state index contributed by atoms with van der Waals surface area (Å²) in [7, 11) is 0. The number of benzene rings is 1. The van der Waals surface area contributed by atoms with Crippen LogP contribution in [-0.2, 0) is 16.1 Å². The third-order valence-electron chi connectivity index (χ3n) is 6.46. The molecule has 0 unspecified atom stereocenters. The molecule has 2 N–H and O–H groups in total. The molecular weight excluding hydrogens is 424 g/mol. The molecule has 9 nitrogen and oxygen atoms in total. The molecule has 0 saturated heterocycles. The number of ether oxygens (including phenoxy) is 1. The van der Waals surface area contributed by atoms with Crippen molar-refractivity contribution in [3.05, 3.63) is 28.6 Å². The van der Waals surface area contributed by atoms with Gasteiger partial charge in [-0.15, -0.1) is 0 Å². The molecule has 9 heteroatoms. The lowest BCUT2D eigenvalue weighted by Gasteiger charge is -2.28. The van der Waals surface area contributed by atoms with E-state index in [-0.39, 0.29) is 36.5 Å². The van der Waals surface area contributed by atoms with Gasteiger partial charge in [0.15, 0.2) is 0 Å². The van der Waals surface area contributed by atoms with Crippen molar-refractivity contribution in [1.29, 1.82) is 0 Å². The first-order valence-electron chi connectivity index (χ1n) is 11.9. The normalized spacial score (nSPS) is 15.6. The number of fused-ring (bicyclic) bond motifs is 2. The molecule has 1 aliphatic carbocycles. The second-order valence-electron chi connectivity index (χ2n) is 8.82. The first-order valence-corrected chi connectivity index (χ1v) is 11.9. The number of hydrogen-bond acceptors (Lipinski definition) is 6. The smallest absolute Gasteiger partial charge is 0.263 e. The maximum absolute atomic E-state index is 12.6. The predicted octanol–water partition coefficient (Wildman–Crippen LogP) is 2.44. The van der Waals surface area contributed by atoms with Crippen molar-refractivity contribution < 1.29 is 19.4 Å². The fourth-order valence-corrected chi connectivity index (χ4v) is 4.74. The molecule has 2 amide bonds. The van der Waals surface area contributed by atoms with Gasteiger partial charge < -0.3 is 14.7 Å². The second kappa shape index (κ2) is 10.8. The van der Waals surface area contributed by atoms with Gasteiger partial charge in [0.1, 0.15) is 12.3 Å². The molecule has 0 atom stereocenters. The van der Waals surface area contributed by atoms with Crippen LogP contribution in [0.5, 0.6) is 5.75 Å². The molecule has 0 bridgehead atoms. The first kappa shape index (κ1) is 23.2. The number of anilines is 1. The minimum Gasteiger partial charge on any atom is -0.494 e. The van der Waals surface area contributed by atoms with E-state index in [0.717, 1.165) is 38.5 Å². The lowest BCUT2D eigenvalue weighted by atomic mass is 10.1. The molecule has 33 heavy (non-hydrogen) atoms. The molecule has 1 aromatic heterocycles. The zero-order chi connectivity index (χ0) is 23.2. The van der Waals surface area contributed by atoms with Crippen LogP contribution in [0.2, 0.25) is 0 Å². The van der Waals surface area contributed by atoms with E-state index in [2.05, 4.69) is 10.3 Å². The number of nitrogens with one attached hydrogen (secondary N) is 1. The number of carbonyl (C=O) groups excluding carboxylic acids is 2. The standard InChI is InChI=1S/C24H32N4O5/c29-13-12-27(17-7-4-5-8-17)22(31)9-3-1-2-6-14-33-18-10-11-20-19(15-18)23(32)28-16-21(30)26-24(28)25-20/h10-11,15,17,29H,1-9,12-14,16H2,(H,25,26,30). The highest BCUT2D eigenvalue weighted by Crippen LogP contribution is 2.24. The Bertz CT molecular complexity index is 1060. The average Bonchev–Trinajstić information content (AvgIpc) is 3.46. The van der Waals surface area contributed by atoms with Crippen LogP contribution in [0.1, 0.15) is 57.8 Å². The molecule has 4 rings (SSSR count). The number of unbranched alkanes of at least 4 members (excludes halogenated alkanes) is 3. The van der Waals surface area contributed by atoms with E-state index >= 15 is 0 Å². The van der Waals surface area contributed by atoms with Gasteiger partial charge in [0.2, 0.25) is 17.8 Å². The Morgan fingerprint density at radius 1 is 1.18 bits per heavy atom. The first-order chi connectivity index (χ1) is 16.1. The Morgan fingerprint density at radius 2 is 1.97 bits per heavy atom. The van der Waals surface area contributed by atoms with Crippen molar-refractivity contribution in [2.24, 2.45) is 0 Å². The average molecular weight is 457 g/mol. The Morgan fingerprint density at radius 3 is 2.76 bits per heavy atom. The number of rotatable bonds is 11. The Labute approximate surface area is 192 Å². The van der Waals surface area contributed by atoms with Gasteiger partial charge in [0.25, 0.3) is 5.56 Å². The van der Waals surface area contributed by atoms with Gasteiger partial charge in [0.05, 0.1) is 24.1 Å². The molecule has 2 heterocycles. The summed E-state index contributed by atoms with van der Waals surface area (Å²) in [6.45, 7) is 0.979. The summed E-state index contributed by atoms with van der Waals surface area (Å²) in [5, 5.41) is 12.3. The molecule has 2 aliphatic rings. The van der Waals surface area contributed by atoms with Crippen LogP contribution in [0, 0.1) is 0 Å². The fraction of sp³-hybridized carbons (Fsp3) is 0.583. The van der Waals surface area contributed by atoms with Crippen molar-refractivity contribution >= 4 is 28.7 Å². The maximum atomic E-state index is 12.6. The third-order valence-corrected chi connectivity index (χ3v) is 6.46. The van der Waals surface area contributed by atoms with E-state index in [1.165, 1.54) is 17.4 Å². The third kappa shape index (κ3) is 5.52. The van der Waals surface area contributed by atoms with Crippen LogP contribution >= 0.6 is 0 Å². The lowest BCUT2D eigenvalue weighted by Crippen LogP contribution is -2.40. The molecule has 0 radical (unpaired) electrons. The van der Waals surface area contributed by atoms with Crippen LogP contribution in [0.3, 0.4) is 0 Å². The summed E-state index contributed by atoms with van der Waals surface area (Å²) in [5.74, 6) is 0.803. The Hall–Kier alpha value is -2.94. The summed E-state index contributed by atoms with van der Waals surface area (Å²) in [4.78, 5) is 42.9. The van der Waals surface area contributed by atoms with Crippen LogP contribution < -0.4 is 15.6 Å². The van der Waals surface area contributed by atoms with Crippen molar-refractivity contribution in [1.82, 2.24) is 14.5 Å². The number of amides is 2. The molecule has 1 saturated carbocycles. The zero-order valence-electron chi connectivity index (χ0n) is 18.9. The van der Waals surface area contributed by atoms with E-state index < -0.39 is 0 Å². The number of hydrogen-bond donors (Lipinski definition) is 2. The van der Waals surface area contributed by atoms with E-state index in [1.807, 2.05) is 4.90 Å². The van der Waals surface area contributed by atoms with Gasteiger partial charge in [-0.3, -0.25) is 24.3 Å². The minimum atomic E-state index is -0.253. The molecular formula is C24H32N4O5. The molecule has 1 fully saturated rings. The monoisotopic (exact) mass is 456 g/mol. The Kier molecular flexibility index (Phi) is 7.59. The zero-order valence-corrected chi connectivity index (χ0v) is 18.9. The lowest BCUT2D eigenvalue weighted by molar-refractivity contribution is -0.134. The van der Waals surface area contributed by atoms with Gasteiger partial charge in [-0.1, -0.05) is 25.7 Å². The van der Waals surface area contributed by atoms with Gasteiger partial charge in [0, 0.05) is 19.0 Å². The summed E-state index contributed by atoms with van der Waals surface area (Å²) in [5.41, 5.74) is 0.273. The minimum absolute atomic E-state index is 0.0108. The van der Waals surface area contributed by atoms with E-state index in [9.17, 15) is 19.5 Å². The van der Waals surface area contributed by atoms with Crippen molar-refractivity contribution in [3.8, 4) is 5.75 Å². The van der Waals surface area contributed by atoms with Crippen LogP contribution in [-0.4, -0.2) is 57.2 Å². The summed E-state index contributed by atoms with van der Waals surface area (Å²) in [6, 6.07) is 5.49. The predicted molar refractivity (Wildman–Crippen MR) is 124 cm³/mol.